The van der Waals surface area contributed by atoms with E-state index in [1.807, 2.05) is 42.8 Å². The maximum Gasteiger partial charge on any atom is 0.187 e. The summed E-state index contributed by atoms with van der Waals surface area (Å²) in [5.41, 5.74) is 2.86. The molecule has 1 heterocycles. The van der Waals surface area contributed by atoms with Gasteiger partial charge in [0.25, 0.3) is 0 Å². The lowest BCUT2D eigenvalue weighted by molar-refractivity contribution is 0.104. The molecule has 0 fully saturated rings. The minimum Gasteiger partial charge on any atom is -0.343 e. The molecule has 0 saturated heterocycles. The first-order valence-electron chi connectivity index (χ1n) is 7.92. The van der Waals surface area contributed by atoms with E-state index in [-0.39, 0.29) is 5.78 Å². The van der Waals surface area contributed by atoms with Crippen molar-refractivity contribution in [3.8, 4) is 0 Å². The second kappa shape index (κ2) is 8.24. The van der Waals surface area contributed by atoms with Gasteiger partial charge in [-0.25, -0.2) is 0 Å². The number of hydrogen-bond acceptors (Lipinski definition) is 2. The summed E-state index contributed by atoms with van der Waals surface area (Å²) in [7, 11) is 0. The third-order valence-corrected chi connectivity index (χ3v) is 4.87. The smallest absolute Gasteiger partial charge is 0.187 e. The quantitative estimate of drug-likeness (QED) is 0.407. The molecule has 0 spiro atoms. The van der Waals surface area contributed by atoms with Crippen LogP contribution in [-0.4, -0.2) is 16.6 Å². The molecule has 1 aromatic heterocycles. The summed E-state index contributed by atoms with van der Waals surface area (Å²) in [5, 5.41) is 0.567. The number of thioether (sulfide) groups is 1. The highest BCUT2D eigenvalue weighted by molar-refractivity contribution is 8.07. The van der Waals surface area contributed by atoms with Crippen molar-refractivity contribution in [3.63, 3.8) is 0 Å². The van der Waals surface area contributed by atoms with Crippen molar-refractivity contribution in [3.05, 3.63) is 101 Å². The molecule has 4 heteroatoms. The van der Waals surface area contributed by atoms with E-state index in [4.69, 9.17) is 11.6 Å². The molecule has 3 rings (SSSR count). The van der Waals surface area contributed by atoms with Gasteiger partial charge in [-0.2, -0.15) is 0 Å². The highest BCUT2D eigenvalue weighted by Crippen LogP contribution is 2.27. The van der Waals surface area contributed by atoms with E-state index in [1.165, 1.54) is 5.56 Å². The topological polar surface area (TPSA) is 22.0 Å². The number of carbonyl (C=O) groups is 1. The zero-order valence-electron chi connectivity index (χ0n) is 13.9. The fourth-order valence-electron chi connectivity index (χ4n) is 2.64. The molecule has 0 atom stereocenters. The van der Waals surface area contributed by atoms with Gasteiger partial charge in [0, 0.05) is 34.3 Å². The lowest BCUT2D eigenvalue weighted by Gasteiger charge is -2.11. The van der Waals surface area contributed by atoms with Crippen LogP contribution in [0.25, 0.3) is 4.91 Å². The van der Waals surface area contributed by atoms with Crippen molar-refractivity contribution in [1.82, 2.24) is 4.57 Å². The van der Waals surface area contributed by atoms with Crippen LogP contribution in [0.15, 0.2) is 79.0 Å². The van der Waals surface area contributed by atoms with Crippen LogP contribution in [0, 0.1) is 0 Å². The van der Waals surface area contributed by atoms with Crippen LogP contribution in [0.3, 0.4) is 0 Å². The number of rotatable bonds is 6. The van der Waals surface area contributed by atoms with E-state index < -0.39 is 0 Å². The van der Waals surface area contributed by atoms with Gasteiger partial charge in [-0.3, -0.25) is 4.79 Å². The first-order chi connectivity index (χ1) is 12.2. The Balaban J connectivity index is 1.89. The highest BCUT2D eigenvalue weighted by Gasteiger charge is 2.11. The molecule has 3 aromatic rings. The molecule has 0 aliphatic rings. The van der Waals surface area contributed by atoms with Crippen LogP contribution >= 0.6 is 23.4 Å². The highest BCUT2D eigenvalue weighted by atomic mass is 35.5. The number of carbonyl (C=O) groups excluding carboxylic acids is 1. The van der Waals surface area contributed by atoms with Crippen LogP contribution in [0.1, 0.15) is 21.6 Å². The number of aromatic nitrogens is 1. The van der Waals surface area contributed by atoms with Crippen molar-refractivity contribution in [2.75, 3.05) is 6.26 Å². The molecule has 0 bridgehead atoms. The van der Waals surface area contributed by atoms with Crippen LogP contribution in [0.4, 0.5) is 0 Å². The Morgan fingerprint density at radius 1 is 1.08 bits per heavy atom. The van der Waals surface area contributed by atoms with E-state index in [9.17, 15) is 4.79 Å². The Morgan fingerprint density at radius 2 is 1.88 bits per heavy atom. The second-order valence-electron chi connectivity index (χ2n) is 5.59. The SMILES string of the molecule is CS/C(=C\C(=O)c1cccc(Cl)c1)c1cccn1Cc1ccccc1. The molecule has 0 amide bonds. The van der Waals surface area contributed by atoms with E-state index in [2.05, 4.69) is 16.7 Å². The molecule has 0 radical (unpaired) electrons. The Hall–Kier alpha value is -2.23. The van der Waals surface area contributed by atoms with Crippen molar-refractivity contribution < 1.29 is 4.79 Å². The number of allylic oxidation sites excluding steroid dienone is 1. The average Bonchev–Trinajstić information content (AvgIpc) is 3.08. The number of nitrogens with zero attached hydrogens (tertiary/aromatic N) is 1. The largest absolute Gasteiger partial charge is 0.343 e. The van der Waals surface area contributed by atoms with E-state index in [0.717, 1.165) is 17.1 Å². The number of halogens is 1. The molecule has 0 saturated carbocycles. The average molecular weight is 368 g/mol. The Morgan fingerprint density at radius 3 is 2.60 bits per heavy atom. The summed E-state index contributed by atoms with van der Waals surface area (Å²) < 4.78 is 2.16. The first-order valence-corrected chi connectivity index (χ1v) is 9.52. The van der Waals surface area contributed by atoms with Crippen molar-refractivity contribution in [2.24, 2.45) is 0 Å². The van der Waals surface area contributed by atoms with E-state index in [1.54, 1.807) is 42.1 Å². The van der Waals surface area contributed by atoms with Crippen molar-refractivity contribution in [1.29, 1.82) is 0 Å². The third kappa shape index (κ3) is 4.44. The normalized spacial score (nSPS) is 11.5. The summed E-state index contributed by atoms with van der Waals surface area (Å²) in [4.78, 5) is 13.5. The maximum absolute atomic E-state index is 12.6. The van der Waals surface area contributed by atoms with Crippen LogP contribution in [0.5, 0.6) is 0 Å². The summed E-state index contributed by atoms with van der Waals surface area (Å²) >= 11 is 7.56. The molecule has 0 unspecified atom stereocenters. The minimum absolute atomic E-state index is 0.0423. The molecular weight excluding hydrogens is 350 g/mol. The van der Waals surface area contributed by atoms with E-state index >= 15 is 0 Å². The fourth-order valence-corrected chi connectivity index (χ4v) is 3.45. The van der Waals surface area contributed by atoms with Crippen molar-refractivity contribution in [2.45, 2.75) is 6.54 Å². The van der Waals surface area contributed by atoms with Gasteiger partial charge in [-0.05, 0) is 36.1 Å². The Kier molecular flexibility index (Phi) is 5.79. The zero-order chi connectivity index (χ0) is 17.6. The van der Waals surface area contributed by atoms with Gasteiger partial charge in [0.05, 0.1) is 5.69 Å². The molecule has 2 nitrogen and oxygen atoms in total. The van der Waals surface area contributed by atoms with Gasteiger partial charge in [-0.15, -0.1) is 11.8 Å². The van der Waals surface area contributed by atoms with E-state index in [0.29, 0.717) is 10.6 Å². The standard InChI is InChI=1S/C21H18ClNOS/c1-25-21(14-20(24)17-9-5-10-18(22)13-17)19-11-6-12-23(19)15-16-7-3-2-4-8-16/h2-14H,15H2,1H3/b21-14-. The Bertz CT molecular complexity index is 899. The lowest BCUT2D eigenvalue weighted by atomic mass is 10.1. The molecule has 0 aliphatic carbocycles. The van der Waals surface area contributed by atoms with Crippen LogP contribution in [-0.2, 0) is 6.54 Å². The van der Waals surface area contributed by atoms with Gasteiger partial charge in [0.2, 0.25) is 0 Å². The Labute approximate surface area is 157 Å². The van der Waals surface area contributed by atoms with Crippen molar-refractivity contribution >= 4 is 34.1 Å². The van der Waals surface area contributed by atoms with Crippen LogP contribution in [0.2, 0.25) is 5.02 Å². The summed E-state index contributed by atoms with van der Waals surface area (Å²) in [6.45, 7) is 0.770. The molecule has 2 aromatic carbocycles. The monoisotopic (exact) mass is 367 g/mol. The zero-order valence-corrected chi connectivity index (χ0v) is 15.4. The predicted octanol–water partition coefficient (Wildman–Crippen LogP) is 5.78. The molecule has 0 N–H and O–H groups in total. The van der Waals surface area contributed by atoms with Gasteiger partial charge in [0.15, 0.2) is 5.78 Å². The summed E-state index contributed by atoms with van der Waals surface area (Å²) in [6, 6.07) is 21.4. The molecule has 0 aliphatic heterocycles. The predicted molar refractivity (Wildman–Crippen MR) is 107 cm³/mol. The van der Waals surface area contributed by atoms with Gasteiger partial charge in [0.1, 0.15) is 0 Å². The summed E-state index contributed by atoms with van der Waals surface area (Å²) in [5.74, 6) is -0.0423. The first kappa shape index (κ1) is 17.6. The number of ketones is 1. The maximum atomic E-state index is 12.6. The molecule has 126 valence electrons. The number of hydrogen-bond donors (Lipinski definition) is 0. The third-order valence-electron chi connectivity index (χ3n) is 3.87. The lowest BCUT2D eigenvalue weighted by Crippen LogP contribution is -2.03. The molecule has 25 heavy (non-hydrogen) atoms. The number of benzene rings is 2. The van der Waals surface area contributed by atoms with Gasteiger partial charge >= 0.3 is 0 Å². The molecular formula is C21H18ClNOS. The second-order valence-corrected chi connectivity index (χ2v) is 6.88. The van der Waals surface area contributed by atoms with Gasteiger partial charge < -0.3 is 4.57 Å². The summed E-state index contributed by atoms with van der Waals surface area (Å²) in [6.07, 6.45) is 5.71. The van der Waals surface area contributed by atoms with Crippen LogP contribution < -0.4 is 0 Å². The fraction of sp³-hybridized carbons (Fsp3) is 0.0952. The van der Waals surface area contributed by atoms with Gasteiger partial charge in [-0.1, -0.05) is 54.1 Å². The minimum atomic E-state index is -0.0423.